The van der Waals surface area contributed by atoms with Crippen LogP contribution in [0, 0.1) is 0 Å². The molecule has 0 bridgehead atoms. The third kappa shape index (κ3) is 9.79. The number of hydrogen-bond donors (Lipinski definition) is 0. The molecular weight excluding hydrogens is 679 g/mol. The maximum Gasteiger partial charge on any atom is 0.261 e. The molecule has 0 radical (unpaired) electrons. The number of rotatable bonds is 18. The van der Waals surface area contributed by atoms with Crippen LogP contribution in [0.15, 0.2) is 129 Å². The van der Waals surface area contributed by atoms with Crippen LogP contribution in [0.25, 0.3) is 0 Å². The van der Waals surface area contributed by atoms with Gasteiger partial charge in [0.15, 0.2) is 0 Å². The average Bonchev–Trinajstić information content (AvgIpc) is 3.44. The summed E-state index contributed by atoms with van der Waals surface area (Å²) >= 11 is 0. The molecule has 6 aromatic rings. The van der Waals surface area contributed by atoms with Gasteiger partial charge in [-0.3, -0.25) is 34.3 Å². The highest BCUT2D eigenvalue weighted by Crippen LogP contribution is 2.25. The Bertz CT molecular complexity index is 1900. The largest absolute Gasteiger partial charge is 0.494 e. The van der Waals surface area contributed by atoms with Gasteiger partial charge in [0.2, 0.25) is 0 Å². The quantitative estimate of drug-likeness (QED) is 0.0776. The van der Waals surface area contributed by atoms with Crippen molar-refractivity contribution in [3.8, 4) is 5.75 Å². The van der Waals surface area contributed by atoms with Gasteiger partial charge in [0, 0.05) is 94.1 Å². The third-order valence-corrected chi connectivity index (χ3v) is 9.03. The lowest BCUT2D eigenvalue weighted by atomic mass is 10.1. The lowest BCUT2D eigenvalue weighted by Gasteiger charge is -2.25. The van der Waals surface area contributed by atoms with Crippen LogP contribution in [-0.4, -0.2) is 69.6 Å². The van der Waals surface area contributed by atoms with E-state index >= 15 is 0 Å². The van der Waals surface area contributed by atoms with Crippen LogP contribution in [-0.2, 0) is 39.3 Å². The third-order valence-electron chi connectivity index (χ3n) is 9.03. The molecule has 4 aromatic heterocycles. The molecule has 272 valence electrons. The predicted octanol–water partition coefficient (Wildman–Crippen LogP) is 5.92. The van der Waals surface area contributed by atoms with E-state index in [-0.39, 0.29) is 11.8 Å². The Labute approximate surface area is 314 Å². The summed E-state index contributed by atoms with van der Waals surface area (Å²) in [6.45, 7) is 4.57. The molecule has 0 saturated carbocycles. The number of carbonyl (C=O) groups excluding carboxylic acids is 2. The number of nitrogens with zero attached hydrogens (tertiary/aromatic N) is 9. The number of amides is 2. The van der Waals surface area contributed by atoms with Crippen LogP contribution in [0.4, 0.5) is 0 Å². The molecule has 0 atom stereocenters. The summed E-state index contributed by atoms with van der Waals surface area (Å²) in [7, 11) is 0. The molecule has 0 saturated heterocycles. The second-order valence-electron chi connectivity index (χ2n) is 13.3. The molecule has 0 spiro atoms. The van der Waals surface area contributed by atoms with E-state index in [9.17, 15) is 9.59 Å². The smallest absolute Gasteiger partial charge is 0.261 e. The molecule has 7 rings (SSSR count). The van der Waals surface area contributed by atoms with Gasteiger partial charge in [-0.05, 0) is 72.5 Å². The monoisotopic (exact) mass is 719 g/mol. The maximum atomic E-state index is 12.8. The van der Waals surface area contributed by atoms with Gasteiger partial charge in [0.05, 0.1) is 29.1 Å². The van der Waals surface area contributed by atoms with Gasteiger partial charge in [-0.15, -0.1) is 0 Å². The van der Waals surface area contributed by atoms with E-state index in [1.165, 1.54) is 17.6 Å². The van der Waals surface area contributed by atoms with E-state index in [0.717, 1.165) is 39.4 Å². The predicted molar refractivity (Wildman–Crippen MR) is 201 cm³/mol. The lowest BCUT2D eigenvalue weighted by molar-refractivity contribution is 0.0649. The minimum atomic E-state index is -0.233. The fourth-order valence-corrected chi connectivity index (χ4v) is 6.63. The summed E-state index contributed by atoms with van der Waals surface area (Å²) in [6.07, 6.45) is 15.4. The number of imide groups is 1. The van der Waals surface area contributed by atoms with Crippen LogP contribution in [0.3, 0.4) is 0 Å². The molecule has 0 N–H and O–H groups in total. The van der Waals surface area contributed by atoms with E-state index in [1.807, 2.05) is 73.6 Å². The van der Waals surface area contributed by atoms with Crippen molar-refractivity contribution in [3.63, 3.8) is 0 Å². The molecule has 1 aliphatic heterocycles. The first-order valence-corrected chi connectivity index (χ1v) is 18.0. The Hall–Kier alpha value is -6.24. The molecule has 2 amide bonds. The van der Waals surface area contributed by atoms with Crippen LogP contribution in [0.2, 0.25) is 0 Å². The summed E-state index contributed by atoms with van der Waals surface area (Å²) in [5.41, 5.74) is 7.05. The number of pyridine rings is 2. The number of aromatic nitrogens is 6. The summed E-state index contributed by atoms with van der Waals surface area (Å²) in [5, 5.41) is 0. The highest BCUT2D eigenvalue weighted by Gasteiger charge is 2.34. The van der Waals surface area contributed by atoms with Crippen LogP contribution in [0.5, 0.6) is 5.75 Å². The molecule has 1 aliphatic rings. The number of hydrogen-bond acceptors (Lipinski definition) is 11. The van der Waals surface area contributed by atoms with Crippen molar-refractivity contribution in [1.82, 2.24) is 44.6 Å². The SMILES string of the molecule is O=C1c2ccccc2C(=O)N1CCCCOc1cc(CN(Cc2cncnc2)Cc2ccccn2)cc(CN(Cc2cncnc2)Cc2ccccn2)c1. The van der Waals surface area contributed by atoms with E-state index < -0.39 is 0 Å². The van der Waals surface area contributed by atoms with Crippen molar-refractivity contribution < 1.29 is 14.3 Å². The van der Waals surface area contributed by atoms with Gasteiger partial charge in [0.1, 0.15) is 18.4 Å². The van der Waals surface area contributed by atoms with Crippen molar-refractivity contribution in [1.29, 1.82) is 0 Å². The van der Waals surface area contributed by atoms with Gasteiger partial charge in [-0.25, -0.2) is 19.9 Å². The van der Waals surface area contributed by atoms with Crippen molar-refractivity contribution in [3.05, 3.63) is 173 Å². The number of unbranched alkanes of at least 4 members (excludes halogenated alkanes) is 1. The van der Waals surface area contributed by atoms with Crippen molar-refractivity contribution >= 4 is 11.8 Å². The van der Waals surface area contributed by atoms with Crippen LogP contribution >= 0.6 is 0 Å². The Morgan fingerprint density at radius 1 is 0.537 bits per heavy atom. The first-order valence-electron chi connectivity index (χ1n) is 18.0. The fourth-order valence-electron chi connectivity index (χ4n) is 6.63. The number of ether oxygens (including phenoxy) is 1. The van der Waals surface area contributed by atoms with Crippen LogP contribution in [0.1, 0.15) is 67.2 Å². The molecule has 12 nitrogen and oxygen atoms in total. The summed E-state index contributed by atoms with van der Waals surface area (Å²) < 4.78 is 6.41. The summed E-state index contributed by atoms with van der Waals surface area (Å²) in [6, 6.07) is 25.3. The van der Waals surface area contributed by atoms with Gasteiger partial charge in [-0.2, -0.15) is 0 Å². The highest BCUT2D eigenvalue weighted by atomic mass is 16.5. The van der Waals surface area contributed by atoms with Gasteiger partial charge < -0.3 is 4.74 Å². The first-order chi connectivity index (χ1) is 26.6. The normalized spacial score (nSPS) is 12.4. The van der Waals surface area contributed by atoms with Crippen molar-refractivity contribution in [2.75, 3.05) is 13.2 Å². The second-order valence-corrected chi connectivity index (χ2v) is 13.3. The maximum absolute atomic E-state index is 12.8. The van der Waals surface area contributed by atoms with Gasteiger partial charge in [-0.1, -0.05) is 30.3 Å². The molecule has 0 aliphatic carbocycles. The minimum Gasteiger partial charge on any atom is -0.494 e. The second kappa shape index (κ2) is 18.0. The lowest BCUT2D eigenvalue weighted by Crippen LogP contribution is -2.30. The fraction of sp³-hybridized carbons (Fsp3) is 0.238. The Balaban J connectivity index is 1.10. The first kappa shape index (κ1) is 36.1. The molecule has 12 heteroatoms. The molecule has 0 unspecified atom stereocenters. The van der Waals surface area contributed by atoms with Crippen molar-refractivity contribution in [2.45, 2.75) is 52.1 Å². The average molecular weight is 720 g/mol. The minimum absolute atomic E-state index is 0.233. The number of fused-ring (bicyclic) bond motifs is 1. The van der Waals surface area contributed by atoms with E-state index in [4.69, 9.17) is 4.74 Å². The van der Waals surface area contributed by atoms with E-state index in [0.29, 0.717) is 76.4 Å². The van der Waals surface area contributed by atoms with E-state index in [1.54, 1.807) is 24.3 Å². The Morgan fingerprint density at radius 3 is 1.50 bits per heavy atom. The molecule has 5 heterocycles. The number of benzene rings is 2. The summed E-state index contributed by atoms with van der Waals surface area (Å²) in [5.74, 6) is 0.289. The molecule has 54 heavy (non-hydrogen) atoms. The Kier molecular flexibility index (Phi) is 12.0. The standard InChI is InChI=1S/C42H41N9O3/c52-41-39-11-1-2-12-40(39)42(53)51(41)15-7-8-16-54-38-18-32(24-49(26-34-20-43-30-44-21-34)28-36-9-3-5-13-47-36)17-33(19-38)25-50(27-35-22-45-31-46-23-35)29-37-10-4-6-14-48-37/h1-6,9-14,17-23,30-31H,7-8,15-16,24-29H2. The molecule has 2 aromatic carbocycles. The highest BCUT2D eigenvalue weighted by molar-refractivity contribution is 6.21. The zero-order valence-corrected chi connectivity index (χ0v) is 29.9. The van der Waals surface area contributed by atoms with Crippen LogP contribution < -0.4 is 4.74 Å². The Morgan fingerprint density at radius 2 is 1.02 bits per heavy atom. The van der Waals surface area contributed by atoms with Gasteiger partial charge in [0.25, 0.3) is 11.8 Å². The van der Waals surface area contributed by atoms with E-state index in [2.05, 4.69) is 57.9 Å². The van der Waals surface area contributed by atoms with Gasteiger partial charge >= 0.3 is 0 Å². The summed E-state index contributed by atoms with van der Waals surface area (Å²) in [4.78, 5) is 57.8. The van der Waals surface area contributed by atoms with Crippen molar-refractivity contribution in [2.24, 2.45) is 0 Å². The number of carbonyl (C=O) groups is 2. The zero-order chi connectivity index (χ0) is 37.0. The topological polar surface area (TPSA) is 130 Å². The zero-order valence-electron chi connectivity index (χ0n) is 29.9. The molecule has 0 fully saturated rings. The molecular formula is C42H41N9O3.